The van der Waals surface area contributed by atoms with Crippen molar-refractivity contribution in [2.45, 2.75) is 46.1 Å². The number of aryl methyl sites for hydroxylation is 1. The molecule has 0 saturated heterocycles. The van der Waals surface area contributed by atoms with E-state index in [1.54, 1.807) is 0 Å². The minimum Gasteiger partial charge on any atom is -0.381 e. The topological polar surface area (TPSA) is 21.3 Å². The van der Waals surface area contributed by atoms with E-state index >= 15 is 0 Å². The molecule has 0 aromatic heterocycles. The molecule has 18 heavy (non-hydrogen) atoms. The molecule has 0 saturated carbocycles. The number of nitrogens with one attached hydrogen (secondary N) is 1. The molecule has 0 fully saturated rings. The molecule has 1 aromatic carbocycles. The summed E-state index contributed by atoms with van der Waals surface area (Å²) < 4.78 is 5.58. The van der Waals surface area contributed by atoms with Gasteiger partial charge >= 0.3 is 0 Å². The molecule has 0 aliphatic carbocycles. The van der Waals surface area contributed by atoms with Crippen LogP contribution in [0.25, 0.3) is 0 Å². The summed E-state index contributed by atoms with van der Waals surface area (Å²) >= 11 is 0. The smallest absolute Gasteiger partial charge is 0.0480 e. The molecule has 0 radical (unpaired) electrons. The summed E-state index contributed by atoms with van der Waals surface area (Å²) in [4.78, 5) is 0. The third kappa shape index (κ3) is 6.18. The fourth-order valence-electron chi connectivity index (χ4n) is 2.05. The summed E-state index contributed by atoms with van der Waals surface area (Å²) in [5, 5.41) is 3.54. The highest BCUT2D eigenvalue weighted by Crippen LogP contribution is 2.08. The molecule has 0 heterocycles. The number of hydrogen-bond donors (Lipinski definition) is 1. The Morgan fingerprint density at radius 3 is 2.44 bits per heavy atom. The van der Waals surface area contributed by atoms with Crippen LogP contribution in [0.2, 0.25) is 0 Å². The average molecular weight is 249 g/mol. The van der Waals surface area contributed by atoms with Crippen LogP contribution in [-0.4, -0.2) is 25.8 Å². The van der Waals surface area contributed by atoms with Gasteiger partial charge in [0, 0.05) is 19.3 Å². The van der Waals surface area contributed by atoms with Crippen LogP contribution in [0.15, 0.2) is 24.3 Å². The van der Waals surface area contributed by atoms with E-state index in [-0.39, 0.29) is 0 Å². The molecule has 2 nitrogen and oxygen atoms in total. The Hall–Kier alpha value is -0.860. The van der Waals surface area contributed by atoms with Gasteiger partial charge in [-0.05, 0) is 38.3 Å². The lowest BCUT2D eigenvalue weighted by Crippen LogP contribution is -2.32. The maximum Gasteiger partial charge on any atom is 0.0480 e. The number of ether oxygens (including phenoxy) is 1. The highest BCUT2D eigenvalue weighted by molar-refractivity contribution is 5.22. The van der Waals surface area contributed by atoms with E-state index < -0.39 is 0 Å². The summed E-state index contributed by atoms with van der Waals surface area (Å²) in [5.41, 5.74) is 2.73. The number of likely N-dealkylation sites (N-methyl/N-ethyl adjacent to an activating group) is 1. The molecule has 0 spiro atoms. The van der Waals surface area contributed by atoms with E-state index in [9.17, 15) is 0 Å². The van der Waals surface area contributed by atoms with Crippen molar-refractivity contribution < 1.29 is 4.74 Å². The van der Waals surface area contributed by atoms with Gasteiger partial charge in [-0.2, -0.15) is 0 Å². The molecule has 102 valence electrons. The van der Waals surface area contributed by atoms with Crippen LogP contribution in [0.1, 0.15) is 37.8 Å². The molecular weight excluding hydrogens is 222 g/mol. The van der Waals surface area contributed by atoms with Crippen LogP contribution in [0.5, 0.6) is 0 Å². The van der Waals surface area contributed by atoms with Crippen molar-refractivity contribution >= 4 is 0 Å². The maximum atomic E-state index is 5.58. The summed E-state index contributed by atoms with van der Waals surface area (Å²) in [6.07, 6.45) is 3.27. The van der Waals surface area contributed by atoms with Crippen molar-refractivity contribution in [3.8, 4) is 0 Å². The van der Waals surface area contributed by atoms with E-state index in [2.05, 4.69) is 50.4 Å². The van der Waals surface area contributed by atoms with Crippen molar-refractivity contribution in [3.05, 3.63) is 35.4 Å². The Morgan fingerprint density at radius 2 is 1.83 bits per heavy atom. The zero-order valence-corrected chi connectivity index (χ0v) is 12.0. The first kappa shape index (κ1) is 15.2. The third-order valence-corrected chi connectivity index (χ3v) is 3.05. The third-order valence-electron chi connectivity index (χ3n) is 3.05. The van der Waals surface area contributed by atoms with Crippen molar-refractivity contribution in [1.29, 1.82) is 0 Å². The van der Waals surface area contributed by atoms with Crippen molar-refractivity contribution in [2.24, 2.45) is 0 Å². The first-order valence-electron chi connectivity index (χ1n) is 7.13. The zero-order chi connectivity index (χ0) is 13.2. The SMILES string of the molecule is CCCOCCC(Cc1ccc(C)cc1)NCC. The Morgan fingerprint density at radius 1 is 1.11 bits per heavy atom. The molecule has 1 unspecified atom stereocenters. The Bertz CT molecular complexity index is 307. The van der Waals surface area contributed by atoms with E-state index in [0.29, 0.717) is 6.04 Å². The molecule has 0 amide bonds. The first-order valence-corrected chi connectivity index (χ1v) is 7.13. The predicted octanol–water partition coefficient (Wildman–Crippen LogP) is 3.33. The van der Waals surface area contributed by atoms with Gasteiger partial charge in [0.15, 0.2) is 0 Å². The van der Waals surface area contributed by atoms with Gasteiger partial charge in [-0.3, -0.25) is 0 Å². The van der Waals surface area contributed by atoms with Gasteiger partial charge in [0.2, 0.25) is 0 Å². The van der Waals surface area contributed by atoms with Crippen LogP contribution in [0.4, 0.5) is 0 Å². The highest BCUT2D eigenvalue weighted by Gasteiger charge is 2.08. The molecule has 0 aliphatic rings. The molecule has 2 heteroatoms. The van der Waals surface area contributed by atoms with Crippen molar-refractivity contribution in [1.82, 2.24) is 5.32 Å². The second-order valence-electron chi connectivity index (χ2n) is 4.85. The van der Waals surface area contributed by atoms with Crippen LogP contribution >= 0.6 is 0 Å². The van der Waals surface area contributed by atoms with Gasteiger partial charge in [-0.25, -0.2) is 0 Å². The van der Waals surface area contributed by atoms with Crippen molar-refractivity contribution in [3.63, 3.8) is 0 Å². The predicted molar refractivity (Wildman–Crippen MR) is 78.1 cm³/mol. The van der Waals surface area contributed by atoms with Gasteiger partial charge in [0.05, 0.1) is 0 Å². The molecule has 1 N–H and O–H groups in total. The summed E-state index contributed by atoms with van der Waals surface area (Å²) in [6.45, 7) is 9.19. The number of benzene rings is 1. The quantitative estimate of drug-likeness (QED) is 0.678. The largest absolute Gasteiger partial charge is 0.381 e. The summed E-state index contributed by atoms with van der Waals surface area (Å²) in [6, 6.07) is 9.35. The van der Waals surface area contributed by atoms with Crippen LogP contribution < -0.4 is 5.32 Å². The van der Waals surface area contributed by atoms with Gasteiger partial charge in [0.25, 0.3) is 0 Å². The maximum absolute atomic E-state index is 5.58. The lowest BCUT2D eigenvalue weighted by molar-refractivity contribution is 0.124. The number of hydrogen-bond acceptors (Lipinski definition) is 2. The Kier molecular flexibility index (Phi) is 7.70. The Labute approximate surface area is 112 Å². The molecule has 1 rings (SSSR count). The van der Waals surface area contributed by atoms with E-state index in [1.165, 1.54) is 11.1 Å². The zero-order valence-electron chi connectivity index (χ0n) is 12.0. The van der Waals surface area contributed by atoms with E-state index in [4.69, 9.17) is 4.74 Å². The molecule has 1 atom stereocenters. The number of rotatable bonds is 9. The van der Waals surface area contributed by atoms with Gasteiger partial charge < -0.3 is 10.1 Å². The average Bonchev–Trinajstić information content (AvgIpc) is 2.37. The Balaban J connectivity index is 2.38. The molecule has 1 aromatic rings. The summed E-state index contributed by atoms with van der Waals surface area (Å²) in [5.74, 6) is 0. The van der Waals surface area contributed by atoms with Crippen LogP contribution in [0, 0.1) is 6.92 Å². The minimum atomic E-state index is 0.523. The second-order valence-corrected chi connectivity index (χ2v) is 4.85. The van der Waals surface area contributed by atoms with Gasteiger partial charge in [0.1, 0.15) is 0 Å². The fourth-order valence-corrected chi connectivity index (χ4v) is 2.05. The lowest BCUT2D eigenvalue weighted by Gasteiger charge is -2.18. The lowest BCUT2D eigenvalue weighted by atomic mass is 10.0. The molecule has 0 aliphatic heterocycles. The second kappa shape index (κ2) is 9.12. The van der Waals surface area contributed by atoms with Gasteiger partial charge in [-0.15, -0.1) is 0 Å². The van der Waals surface area contributed by atoms with Crippen LogP contribution in [-0.2, 0) is 11.2 Å². The minimum absolute atomic E-state index is 0.523. The molecular formula is C16H27NO. The van der Waals surface area contributed by atoms with Crippen molar-refractivity contribution in [2.75, 3.05) is 19.8 Å². The summed E-state index contributed by atoms with van der Waals surface area (Å²) in [7, 11) is 0. The van der Waals surface area contributed by atoms with E-state index in [1.807, 2.05) is 0 Å². The monoisotopic (exact) mass is 249 g/mol. The highest BCUT2D eigenvalue weighted by atomic mass is 16.5. The standard InChI is InChI=1S/C16H27NO/c1-4-11-18-12-10-16(17-5-2)13-15-8-6-14(3)7-9-15/h6-9,16-17H,4-5,10-13H2,1-3H3. The first-order chi connectivity index (χ1) is 8.76. The van der Waals surface area contributed by atoms with Crippen LogP contribution in [0.3, 0.4) is 0 Å². The van der Waals surface area contributed by atoms with Gasteiger partial charge in [-0.1, -0.05) is 43.7 Å². The normalized spacial score (nSPS) is 12.6. The van der Waals surface area contributed by atoms with E-state index in [0.717, 1.165) is 39.0 Å². The fraction of sp³-hybridized carbons (Fsp3) is 0.625. The molecule has 0 bridgehead atoms.